The van der Waals surface area contributed by atoms with Gasteiger partial charge in [-0.15, -0.1) is 0 Å². The number of carbonyl (C=O) groups is 2. The molecule has 10 heteroatoms. The number of nitrogens with one attached hydrogen (secondary N) is 3. The lowest BCUT2D eigenvalue weighted by atomic mass is 10.1. The topological polar surface area (TPSA) is 122 Å². The molecule has 2 rings (SSSR count). The van der Waals surface area contributed by atoms with Gasteiger partial charge in [0.05, 0.1) is 12.5 Å². The highest BCUT2D eigenvalue weighted by atomic mass is 32.2. The first-order chi connectivity index (χ1) is 12.3. The summed E-state index contributed by atoms with van der Waals surface area (Å²) in [5.74, 6) is -0.463. The molecule has 0 spiro atoms. The van der Waals surface area contributed by atoms with Gasteiger partial charge in [0.2, 0.25) is 15.9 Å². The zero-order valence-electron chi connectivity index (χ0n) is 14.5. The molecule has 140 valence electrons. The SMILES string of the molecule is CNC(=O)Cn1cc(-c2cccc(C(=O)NCCNS(C)(=O)=O)c2)cn1. The average molecular weight is 379 g/mol. The van der Waals surface area contributed by atoms with Crippen molar-refractivity contribution in [3.63, 3.8) is 0 Å². The van der Waals surface area contributed by atoms with Crippen molar-refractivity contribution in [1.29, 1.82) is 0 Å². The van der Waals surface area contributed by atoms with Gasteiger partial charge in [-0.05, 0) is 17.7 Å². The number of hydrogen-bond acceptors (Lipinski definition) is 5. The Morgan fingerprint density at radius 2 is 1.96 bits per heavy atom. The van der Waals surface area contributed by atoms with Gasteiger partial charge in [-0.2, -0.15) is 5.10 Å². The number of amides is 2. The summed E-state index contributed by atoms with van der Waals surface area (Å²) in [5, 5.41) is 9.30. The lowest BCUT2D eigenvalue weighted by Gasteiger charge is -2.07. The summed E-state index contributed by atoms with van der Waals surface area (Å²) in [6, 6.07) is 6.96. The van der Waals surface area contributed by atoms with E-state index in [0.717, 1.165) is 17.4 Å². The molecule has 0 saturated carbocycles. The third-order valence-electron chi connectivity index (χ3n) is 3.45. The number of aromatic nitrogens is 2. The summed E-state index contributed by atoms with van der Waals surface area (Å²) in [7, 11) is -1.72. The molecule has 1 aromatic heterocycles. The molecule has 0 radical (unpaired) electrons. The van der Waals surface area contributed by atoms with Crippen LogP contribution in [0, 0.1) is 0 Å². The summed E-state index contributed by atoms with van der Waals surface area (Å²) in [6.45, 7) is 0.417. The molecule has 2 aromatic rings. The highest BCUT2D eigenvalue weighted by Gasteiger charge is 2.09. The Hall–Kier alpha value is -2.72. The van der Waals surface area contributed by atoms with Gasteiger partial charge in [0.25, 0.3) is 5.91 Å². The fraction of sp³-hybridized carbons (Fsp3) is 0.312. The highest BCUT2D eigenvalue weighted by Crippen LogP contribution is 2.19. The Labute approximate surface area is 151 Å². The first-order valence-electron chi connectivity index (χ1n) is 7.85. The van der Waals surface area contributed by atoms with Crippen molar-refractivity contribution in [1.82, 2.24) is 25.1 Å². The maximum absolute atomic E-state index is 12.2. The van der Waals surface area contributed by atoms with Gasteiger partial charge in [0, 0.05) is 37.5 Å². The molecular formula is C16H21N5O4S. The lowest BCUT2D eigenvalue weighted by molar-refractivity contribution is -0.121. The number of nitrogens with zero attached hydrogens (tertiary/aromatic N) is 2. The third kappa shape index (κ3) is 5.97. The van der Waals surface area contributed by atoms with E-state index in [1.54, 1.807) is 37.6 Å². The number of sulfonamides is 1. The van der Waals surface area contributed by atoms with Crippen molar-refractivity contribution in [2.75, 3.05) is 26.4 Å². The zero-order valence-corrected chi connectivity index (χ0v) is 15.3. The molecule has 0 unspecified atom stereocenters. The van der Waals surface area contributed by atoms with Crippen molar-refractivity contribution in [2.45, 2.75) is 6.54 Å². The molecule has 2 amide bonds. The molecule has 0 aliphatic rings. The van der Waals surface area contributed by atoms with E-state index in [-0.39, 0.29) is 31.4 Å². The minimum Gasteiger partial charge on any atom is -0.358 e. The molecule has 0 fully saturated rings. The van der Waals surface area contributed by atoms with Crippen molar-refractivity contribution < 1.29 is 18.0 Å². The number of likely N-dealkylation sites (N-methyl/N-ethyl adjacent to an activating group) is 1. The predicted molar refractivity (Wildman–Crippen MR) is 96.9 cm³/mol. The van der Waals surface area contributed by atoms with Crippen LogP contribution in [0.15, 0.2) is 36.7 Å². The van der Waals surface area contributed by atoms with Crippen LogP contribution in [-0.2, 0) is 21.4 Å². The van der Waals surface area contributed by atoms with E-state index in [1.165, 1.54) is 4.68 Å². The van der Waals surface area contributed by atoms with E-state index in [0.29, 0.717) is 5.56 Å². The van der Waals surface area contributed by atoms with E-state index >= 15 is 0 Å². The largest absolute Gasteiger partial charge is 0.358 e. The van der Waals surface area contributed by atoms with Gasteiger partial charge in [-0.25, -0.2) is 13.1 Å². The van der Waals surface area contributed by atoms with Gasteiger partial charge in [0.1, 0.15) is 6.54 Å². The minimum atomic E-state index is -3.28. The predicted octanol–water partition coefficient (Wildman–Crippen LogP) is -0.425. The number of hydrogen-bond donors (Lipinski definition) is 3. The summed E-state index contributed by atoms with van der Waals surface area (Å²) in [5.41, 5.74) is 2.01. The Balaban J connectivity index is 2.01. The van der Waals surface area contributed by atoms with E-state index in [2.05, 4.69) is 20.5 Å². The number of rotatable bonds is 8. The average Bonchev–Trinajstić information content (AvgIpc) is 3.06. The van der Waals surface area contributed by atoms with Crippen LogP contribution in [0.1, 0.15) is 10.4 Å². The standard InChI is InChI=1S/C16H21N5O4S/c1-17-15(22)11-21-10-14(9-19-21)12-4-3-5-13(8-12)16(23)18-6-7-20-26(2,24)25/h3-5,8-10,20H,6-7,11H2,1-2H3,(H,17,22)(H,18,23). The zero-order chi connectivity index (χ0) is 19.2. The molecule has 1 heterocycles. The van der Waals surface area contributed by atoms with Crippen molar-refractivity contribution in [3.05, 3.63) is 42.2 Å². The van der Waals surface area contributed by atoms with Crippen LogP contribution < -0.4 is 15.4 Å². The molecule has 0 aliphatic heterocycles. The van der Waals surface area contributed by atoms with Crippen LogP contribution in [0.5, 0.6) is 0 Å². The fourth-order valence-corrected chi connectivity index (χ4v) is 2.65. The number of benzene rings is 1. The fourth-order valence-electron chi connectivity index (χ4n) is 2.18. The van der Waals surface area contributed by atoms with E-state index in [9.17, 15) is 18.0 Å². The molecule has 0 saturated heterocycles. The summed E-state index contributed by atoms with van der Waals surface area (Å²) >= 11 is 0. The molecular weight excluding hydrogens is 358 g/mol. The molecule has 3 N–H and O–H groups in total. The van der Waals surface area contributed by atoms with Crippen LogP contribution in [0.4, 0.5) is 0 Å². The second kappa shape index (κ2) is 8.59. The maximum Gasteiger partial charge on any atom is 0.251 e. The Morgan fingerprint density at radius 3 is 2.65 bits per heavy atom. The molecule has 0 bridgehead atoms. The Morgan fingerprint density at radius 1 is 1.19 bits per heavy atom. The normalized spacial score (nSPS) is 11.2. The second-order valence-corrected chi connectivity index (χ2v) is 7.44. The van der Waals surface area contributed by atoms with Crippen LogP contribution in [0.25, 0.3) is 11.1 Å². The highest BCUT2D eigenvalue weighted by molar-refractivity contribution is 7.88. The molecule has 9 nitrogen and oxygen atoms in total. The van der Waals surface area contributed by atoms with Crippen LogP contribution in [0.2, 0.25) is 0 Å². The van der Waals surface area contributed by atoms with Gasteiger partial charge in [0.15, 0.2) is 0 Å². The summed E-state index contributed by atoms with van der Waals surface area (Å²) in [4.78, 5) is 23.6. The molecule has 26 heavy (non-hydrogen) atoms. The second-order valence-electron chi connectivity index (χ2n) is 5.60. The third-order valence-corrected chi connectivity index (χ3v) is 4.18. The van der Waals surface area contributed by atoms with Gasteiger partial charge in [-0.3, -0.25) is 14.3 Å². The quantitative estimate of drug-likeness (QED) is 0.538. The molecule has 1 aromatic carbocycles. The first kappa shape index (κ1) is 19.6. The Kier molecular flexibility index (Phi) is 6.47. The van der Waals surface area contributed by atoms with Gasteiger partial charge >= 0.3 is 0 Å². The number of carbonyl (C=O) groups excluding carboxylic acids is 2. The molecule has 0 atom stereocenters. The minimum absolute atomic E-state index is 0.115. The summed E-state index contributed by atoms with van der Waals surface area (Å²) in [6.07, 6.45) is 4.40. The van der Waals surface area contributed by atoms with E-state index in [4.69, 9.17) is 0 Å². The van der Waals surface area contributed by atoms with Crippen molar-refractivity contribution >= 4 is 21.8 Å². The lowest BCUT2D eigenvalue weighted by Crippen LogP contribution is -2.34. The smallest absolute Gasteiger partial charge is 0.251 e. The van der Waals surface area contributed by atoms with Crippen molar-refractivity contribution in [2.24, 2.45) is 0 Å². The maximum atomic E-state index is 12.2. The molecule has 0 aliphatic carbocycles. The van der Waals surface area contributed by atoms with Crippen molar-refractivity contribution in [3.8, 4) is 11.1 Å². The van der Waals surface area contributed by atoms with Gasteiger partial charge < -0.3 is 10.6 Å². The Bertz CT molecular complexity index is 892. The van der Waals surface area contributed by atoms with Crippen LogP contribution in [0.3, 0.4) is 0 Å². The first-order valence-corrected chi connectivity index (χ1v) is 9.74. The monoisotopic (exact) mass is 379 g/mol. The van der Waals surface area contributed by atoms with E-state index in [1.807, 2.05) is 6.07 Å². The van der Waals surface area contributed by atoms with Crippen LogP contribution in [-0.4, -0.2) is 56.4 Å². The van der Waals surface area contributed by atoms with Crippen LogP contribution >= 0.6 is 0 Å². The van der Waals surface area contributed by atoms with Gasteiger partial charge in [-0.1, -0.05) is 12.1 Å². The van der Waals surface area contributed by atoms with E-state index < -0.39 is 10.0 Å². The summed E-state index contributed by atoms with van der Waals surface area (Å²) < 4.78 is 25.8.